The van der Waals surface area contributed by atoms with Crippen molar-refractivity contribution in [3.05, 3.63) is 16.9 Å². The standard InChI is InChI=1S/C11H15ClFN3O2/c12-9-7(14)3-8(15)11(10(9)13)16-4-6-5-17-1-2-18-6/h3,6,16H,1-2,4-5,14-15H2. The molecule has 0 aliphatic carbocycles. The Morgan fingerprint density at radius 2 is 2.17 bits per heavy atom. The first kappa shape index (κ1) is 13.2. The summed E-state index contributed by atoms with van der Waals surface area (Å²) in [7, 11) is 0. The summed E-state index contributed by atoms with van der Waals surface area (Å²) in [4.78, 5) is 0. The van der Waals surface area contributed by atoms with Crippen molar-refractivity contribution >= 4 is 28.7 Å². The number of anilines is 3. The predicted octanol–water partition coefficient (Wildman–Crippen LogP) is 1.47. The topological polar surface area (TPSA) is 82.5 Å². The Bertz CT molecular complexity index is 439. The number of halogens is 2. The maximum absolute atomic E-state index is 13.9. The van der Waals surface area contributed by atoms with Crippen LogP contribution in [0.1, 0.15) is 0 Å². The fourth-order valence-electron chi connectivity index (χ4n) is 1.72. The lowest BCUT2D eigenvalue weighted by molar-refractivity contribution is -0.0819. The monoisotopic (exact) mass is 275 g/mol. The first-order valence-electron chi connectivity index (χ1n) is 5.55. The van der Waals surface area contributed by atoms with Crippen molar-refractivity contribution in [2.24, 2.45) is 0 Å². The van der Waals surface area contributed by atoms with Gasteiger partial charge in [-0.15, -0.1) is 0 Å². The third-order valence-corrected chi connectivity index (χ3v) is 3.04. The molecule has 7 heteroatoms. The number of nitrogen functional groups attached to an aromatic ring is 2. The Labute approximate surface area is 109 Å². The van der Waals surface area contributed by atoms with Crippen LogP contribution in [0.15, 0.2) is 6.07 Å². The molecule has 0 amide bonds. The van der Waals surface area contributed by atoms with Crippen LogP contribution in [0.4, 0.5) is 21.5 Å². The van der Waals surface area contributed by atoms with Crippen molar-refractivity contribution in [3.63, 3.8) is 0 Å². The smallest absolute Gasteiger partial charge is 0.169 e. The van der Waals surface area contributed by atoms with Gasteiger partial charge in [0.2, 0.25) is 0 Å². The SMILES string of the molecule is Nc1cc(N)c(NCC2COCCO2)c(F)c1Cl. The van der Waals surface area contributed by atoms with Crippen molar-refractivity contribution < 1.29 is 13.9 Å². The summed E-state index contributed by atoms with van der Waals surface area (Å²) in [5.41, 5.74) is 11.7. The summed E-state index contributed by atoms with van der Waals surface area (Å²) in [5.74, 6) is -0.647. The first-order chi connectivity index (χ1) is 8.59. The second kappa shape index (κ2) is 5.60. The number of hydrogen-bond acceptors (Lipinski definition) is 5. The van der Waals surface area contributed by atoms with Crippen LogP contribution in [0, 0.1) is 5.82 Å². The van der Waals surface area contributed by atoms with E-state index in [1.807, 2.05) is 0 Å². The Balaban J connectivity index is 2.06. The fourth-order valence-corrected chi connectivity index (χ4v) is 1.87. The zero-order valence-electron chi connectivity index (χ0n) is 9.71. The van der Waals surface area contributed by atoms with Crippen LogP contribution in [0.5, 0.6) is 0 Å². The van der Waals surface area contributed by atoms with E-state index in [1.165, 1.54) is 6.07 Å². The van der Waals surface area contributed by atoms with E-state index in [9.17, 15) is 4.39 Å². The van der Waals surface area contributed by atoms with Gasteiger partial charge in [0.25, 0.3) is 0 Å². The number of hydrogen-bond donors (Lipinski definition) is 3. The summed E-state index contributed by atoms with van der Waals surface area (Å²) >= 11 is 5.72. The number of nitrogens with two attached hydrogens (primary N) is 2. The van der Waals surface area contributed by atoms with Crippen LogP contribution in [-0.4, -0.2) is 32.5 Å². The molecule has 1 heterocycles. The molecule has 0 aromatic heterocycles. The second-order valence-electron chi connectivity index (χ2n) is 4.01. The number of nitrogens with one attached hydrogen (secondary N) is 1. The molecule has 2 rings (SSSR count). The highest BCUT2D eigenvalue weighted by Gasteiger charge is 2.18. The normalized spacial score (nSPS) is 19.8. The molecule has 100 valence electrons. The zero-order chi connectivity index (χ0) is 13.1. The minimum Gasteiger partial charge on any atom is -0.397 e. The van der Waals surface area contributed by atoms with E-state index in [0.29, 0.717) is 26.4 Å². The molecule has 1 atom stereocenters. The van der Waals surface area contributed by atoms with Gasteiger partial charge in [-0.25, -0.2) is 4.39 Å². The molecular weight excluding hydrogens is 261 g/mol. The third kappa shape index (κ3) is 2.77. The highest BCUT2D eigenvalue weighted by atomic mass is 35.5. The van der Waals surface area contributed by atoms with Crippen LogP contribution in [0.3, 0.4) is 0 Å². The molecule has 0 spiro atoms. The summed E-state index contributed by atoms with van der Waals surface area (Å²) in [6, 6.07) is 1.42. The van der Waals surface area contributed by atoms with Crippen molar-refractivity contribution in [1.29, 1.82) is 0 Å². The van der Waals surface area contributed by atoms with E-state index in [0.717, 1.165) is 0 Å². The van der Waals surface area contributed by atoms with Gasteiger partial charge in [0.1, 0.15) is 5.02 Å². The molecule has 1 aliphatic rings. The molecule has 18 heavy (non-hydrogen) atoms. The van der Waals surface area contributed by atoms with Crippen molar-refractivity contribution in [3.8, 4) is 0 Å². The van der Waals surface area contributed by atoms with Gasteiger partial charge >= 0.3 is 0 Å². The molecule has 1 aromatic carbocycles. The van der Waals surface area contributed by atoms with Crippen molar-refractivity contribution in [2.75, 3.05) is 43.1 Å². The molecule has 5 N–H and O–H groups in total. The average Bonchev–Trinajstić information content (AvgIpc) is 2.37. The summed E-state index contributed by atoms with van der Waals surface area (Å²) in [6.45, 7) is 1.98. The lowest BCUT2D eigenvalue weighted by atomic mass is 10.2. The van der Waals surface area contributed by atoms with Gasteiger partial charge in [0, 0.05) is 6.54 Å². The highest BCUT2D eigenvalue weighted by Crippen LogP contribution is 2.33. The molecule has 5 nitrogen and oxygen atoms in total. The van der Waals surface area contributed by atoms with Crippen LogP contribution in [-0.2, 0) is 9.47 Å². The van der Waals surface area contributed by atoms with Gasteiger partial charge < -0.3 is 26.3 Å². The second-order valence-corrected chi connectivity index (χ2v) is 4.38. The molecule has 0 saturated carbocycles. The Morgan fingerprint density at radius 3 is 2.83 bits per heavy atom. The van der Waals surface area contributed by atoms with Gasteiger partial charge in [0.05, 0.1) is 43.0 Å². The molecular formula is C11H15ClFN3O2. The molecule has 1 fully saturated rings. The molecule has 1 saturated heterocycles. The van der Waals surface area contributed by atoms with Gasteiger partial charge in [-0.1, -0.05) is 11.6 Å². The lowest BCUT2D eigenvalue weighted by Crippen LogP contribution is -2.34. The van der Waals surface area contributed by atoms with E-state index in [2.05, 4.69) is 5.32 Å². The molecule has 1 unspecified atom stereocenters. The van der Waals surface area contributed by atoms with E-state index in [4.69, 9.17) is 32.5 Å². The van der Waals surface area contributed by atoms with E-state index in [-0.39, 0.29) is 28.2 Å². The maximum atomic E-state index is 13.9. The quantitative estimate of drug-likeness (QED) is 0.728. The fraction of sp³-hybridized carbons (Fsp3) is 0.455. The Morgan fingerprint density at radius 1 is 1.39 bits per heavy atom. The number of ether oxygens (including phenoxy) is 2. The first-order valence-corrected chi connectivity index (χ1v) is 5.93. The summed E-state index contributed by atoms with van der Waals surface area (Å²) in [6.07, 6.45) is -0.131. The van der Waals surface area contributed by atoms with Gasteiger partial charge in [-0.05, 0) is 6.07 Å². The predicted molar refractivity (Wildman–Crippen MR) is 69.3 cm³/mol. The van der Waals surface area contributed by atoms with Gasteiger partial charge in [-0.3, -0.25) is 0 Å². The zero-order valence-corrected chi connectivity index (χ0v) is 10.5. The molecule has 0 radical (unpaired) electrons. The van der Waals surface area contributed by atoms with Gasteiger partial charge in [-0.2, -0.15) is 0 Å². The van der Waals surface area contributed by atoms with E-state index in [1.54, 1.807) is 0 Å². The lowest BCUT2D eigenvalue weighted by Gasteiger charge is -2.24. The van der Waals surface area contributed by atoms with Crippen LogP contribution < -0.4 is 16.8 Å². The largest absolute Gasteiger partial charge is 0.397 e. The average molecular weight is 276 g/mol. The Kier molecular flexibility index (Phi) is 4.11. The summed E-state index contributed by atoms with van der Waals surface area (Å²) in [5, 5.41) is 2.74. The van der Waals surface area contributed by atoms with E-state index < -0.39 is 5.82 Å². The minimum atomic E-state index is -0.647. The van der Waals surface area contributed by atoms with Gasteiger partial charge in [0.15, 0.2) is 5.82 Å². The Hall–Kier alpha value is -1.24. The third-order valence-electron chi connectivity index (χ3n) is 2.66. The molecule has 1 aliphatic heterocycles. The molecule has 1 aromatic rings. The summed E-state index contributed by atoms with van der Waals surface area (Å²) < 4.78 is 24.5. The van der Waals surface area contributed by atoms with E-state index >= 15 is 0 Å². The maximum Gasteiger partial charge on any atom is 0.169 e. The van der Waals surface area contributed by atoms with Crippen molar-refractivity contribution in [2.45, 2.75) is 6.10 Å². The minimum absolute atomic E-state index is 0.120. The highest BCUT2D eigenvalue weighted by molar-refractivity contribution is 6.33. The van der Waals surface area contributed by atoms with Crippen molar-refractivity contribution in [1.82, 2.24) is 0 Å². The van der Waals surface area contributed by atoms with Crippen LogP contribution >= 0.6 is 11.6 Å². The number of rotatable bonds is 3. The van der Waals surface area contributed by atoms with Crippen LogP contribution in [0.25, 0.3) is 0 Å². The van der Waals surface area contributed by atoms with Crippen LogP contribution in [0.2, 0.25) is 5.02 Å². The molecule has 0 bridgehead atoms. The number of benzene rings is 1.